The highest BCUT2D eigenvalue weighted by atomic mass is 16.3. The van der Waals surface area contributed by atoms with E-state index < -0.39 is 5.60 Å². The summed E-state index contributed by atoms with van der Waals surface area (Å²) in [5.41, 5.74) is -0.585. The average molecular weight is 145 g/mol. The number of hydrogen-bond acceptors (Lipinski definition) is 2. The van der Waals surface area contributed by atoms with Gasteiger partial charge in [-0.1, -0.05) is 6.92 Å². The first-order valence-electron chi connectivity index (χ1n) is 3.78. The minimum Gasteiger partial charge on any atom is -0.389 e. The van der Waals surface area contributed by atoms with Crippen LogP contribution in [0.25, 0.3) is 0 Å². The average Bonchev–Trinajstić information content (AvgIpc) is 1.60. The van der Waals surface area contributed by atoms with Gasteiger partial charge in [-0.05, 0) is 34.4 Å². The van der Waals surface area contributed by atoms with Crippen molar-refractivity contribution in [2.24, 2.45) is 0 Å². The van der Waals surface area contributed by atoms with E-state index >= 15 is 0 Å². The van der Waals surface area contributed by atoms with Crippen LogP contribution in [0.4, 0.5) is 0 Å². The fourth-order valence-corrected chi connectivity index (χ4v) is 1.50. The molecule has 0 aromatic heterocycles. The van der Waals surface area contributed by atoms with Gasteiger partial charge in [0, 0.05) is 6.04 Å². The van der Waals surface area contributed by atoms with Crippen molar-refractivity contribution >= 4 is 0 Å². The molecule has 0 spiro atoms. The van der Waals surface area contributed by atoms with Gasteiger partial charge < -0.3 is 10.0 Å². The number of rotatable bonds is 3. The summed E-state index contributed by atoms with van der Waals surface area (Å²) in [5, 5.41) is 9.61. The normalized spacial score (nSPS) is 15.9. The summed E-state index contributed by atoms with van der Waals surface area (Å²) in [6.07, 6.45) is 0.983. The Balaban J connectivity index is 4.07. The van der Waals surface area contributed by atoms with Crippen LogP contribution in [0.1, 0.15) is 27.2 Å². The van der Waals surface area contributed by atoms with Gasteiger partial charge in [-0.2, -0.15) is 0 Å². The molecule has 0 amide bonds. The first-order valence-corrected chi connectivity index (χ1v) is 3.78. The highest BCUT2D eigenvalue weighted by Crippen LogP contribution is 2.15. The van der Waals surface area contributed by atoms with Gasteiger partial charge in [0.1, 0.15) is 0 Å². The van der Waals surface area contributed by atoms with Crippen LogP contribution < -0.4 is 0 Å². The second-order valence-corrected chi connectivity index (χ2v) is 3.54. The molecule has 0 aliphatic rings. The van der Waals surface area contributed by atoms with Crippen molar-refractivity contribution in [3.05, 3.63) is 0 Å². The Bertz CT molecular complexity index is 93.9. The summed E-state index contributed by atoms with van der Waals surface area (Å²) in [6.45, 7) is 5.78. The van der Waals surface area contributed by atoms with E-state index in [0.29, 0.717) is 0 Å². The van der Waals surface area contributed by atoms with Crippen LogP contribution in [0, 0.1) is 0 Å². The van der Waals surface area contributed by atoms with Crippen molar-refractivity contribution in [2.45, 2.75) is 38.8 Å². The van der Waals surface area contributed by atoms with E-state index in [9.17, 15) is 5.11 Å². The van der Waals surface area contributed by atoms with Crippen molar-refractivity contribution in [1.82, 2.24) is 4.90 Å². The molecule has 0 radical (unpaired) electrons. The highest BCUT2D eigenvalue weighted by molar-refractivity contribution is 4.81. The summed E-state index contributed by atoms with van der Waals surface area (Å²) < 4.78 is 0. The first-order chi connectivity index (χ1) is 4.39. The van der Waals surface area contributed by atoms with Crippen molar-refractivity contribution in [3.8, 4) is 0 Å². The van der Waals surface area contributed by atoms with Crippen molar-refractivity contribution in [1.29, 1.82) is 0 Å². The quantitative estimate of drug-likeness (QED) is 0.642. The van der Waals surface area contributed by atoms with E-state index in [2.05, 4.69) is 11.8 Å². The second kappa shape index (κ2) is 3.35. The van der Waals surface area contributed by atoms with E-state index in [-0.39, 0.29) is 6.04 Å². The van der Waals surface area contributed by atoms with Crippen molar-refractivity contribution < 1.29 is 5.11 Å². The van der Waals surface area contributed by atoms with E-state index in [1.165, 1.54) is 0 Å². The summed E-state index contributed by atoms with van der Waals surface area (Å²) >= 11 is 0. The molecule has 0 aliphatic carbocycles. The Kier molecular flexibility index (Phi) is 3.33. The highest BCUT2D eigenvalue weighted by Gasteiger charge is 2.26. The largest absolute Gasteiger partial charge is 0.389 e. The predicted octanol–water partition coefficient (Wildman–Crippen LogP) is 1.10. The van der Waals surface area contributed by atoms with Gasteiger partial charge in [0.05, 0.1) is 5.60 Å². The molecule has 1 N–H and O–H groups in total. The molecule has 2 nitrogen and oxygen atoms in total. The summed E-state index contributed by atoms with van der Waals surface area (Å²) in [4.78, 5) is 2.06. The third-order valence-electron chi connectivity index (χ3n) is 1.83. The summed E-state index contributed by atoms with van der Waals surface area (Å²) in [7, 11) is 3.98. The SMILES string of the molecule is CCC(N(C)C)C(C)(C)O. The molecule has 0 saturated carbocycles. The maximum atomic E-state index is 9.61. The van der Waals surface area contributed by atoms with Crippen LogP contribution in [-0.2, 0) is 0 Å². The monoisotopic (exact) mass is 145 g/mol. The van der Waals surface area contributed by atoms with Gasteiger partial charge in [0.2, 0.25) is 0 Å². The maximum Gasteiger partial charge on any atom is 0.0745 e. The number of likely N-dealkylation sites (N-methyl/N-ethyl adjacent to an activating group) is 1. The molecule has 0 heterocycles. The topological polar surface area (TPSA) is 23.5 Å². The molecule has 0 saturated heterocycles. The van der Waals surface area contributed by atoms with Crippen LogP contribution in [0.3, 0.4) is 0 Å². The minimum absolute atomic E-state index is 0.257. The van der Waals surface area contributed by atoms with E-state index in [1.807, 2.05) is 27.9 Å². The van der Waals surface area contributed by atoms with Crippen LogP contribution >= 0.6 is 0 Å². The molecule has 0 fully saturated rings. The fraction of sp³-hybridized carbons (Fsp3) is 1.00. The Morgan fingerprint density at radius 2 is 1.80 bits per heavy atom. The fourth-order valence-electron chi connectivity index (χ4n) is 1.50. The molecule has 0 rings (SSSR count). The van der Waals surface area contributed by atoms with Crippen LogP contribution in [0.5, 0.6) is 0 Å². The first kappa shape index (κ1) is 9.92. The van der Waals surface area contributed by atoms with Gasteiger partial charge in [0.25, 0.3) is 0 Å². The molecule has 1 atom stereocenters. The third-order valence-corrected chi connectivity index (χ3v) is 1.83. The Hall–Kier alpha value is -0.0800. The number of aliphatic hydroxyl groups is 1. The molecule has 2 heteroatoms. The summed E-state index contributed by atoms with van der Waals surface area (Å²) in [5.74, 6) is 0. The van der Waals surface area contributed by atoms with Crippen molar-refractivity contribution in [3.63, 3.8) is 0 Å². The van der Waals surface area contributed by atoms with E-state index in [0.717, 1.165) is 6.42 Å². The Morgan fingerprint density at radius 1 is 1.40 bits per heavy atom. The maximum absolute atomic E-state index is 9.61. The molecule has 0 aromatic carbocycles. The molecular weight excluding hydrogens is 126 g/mol. The van der Waals surface area contributed by atoms with Crippen LogP contribution in [-0.4, -0.2) is 35.7 Å². The van der Waals surface area contributed by atoms with Crippen LogP contribution in [0.2, 0.25) is 0 Å². The molecule has 0 bridgehead atoms. The Morgan fingerprint density at radius 3 is 1.80 bits per heavy atom. The second-order valence-electron chi connectivity index (χ2n) is 3.54. The number of hydrogen-bond donors (Lipinski definition) is 1. The van der Waals surface area contributed by atoms with Gasteiger partial charge in [0.15, 0.2) is 0 Å². The zero-order chi connectivity index (χ0) is 8.36. The Labute approximate surface area is 63.8 Å². The zero-order valence-corrected chi connectivity index (χ0v) is 7.68. The molecule has 1 unspecified atom stereocenters. The van der Waals surface area contributed by atoms with Crippen molar-refractivity contribution in [2.75, 3.05) is 14.1 Å². The molecule has 10 heavy (non-hydrogen) atoms. The van der Waals surface area contributed by atoms with Crippen LogP contribution in [0.15, 0.2) is 0 Å². The van der Waals surface area contributed by atoms with Gasteiger partial charge in [-0.15, -0.1) is 0 Å². The molecule has 62 valence electrons. The summed E-state index contributed by atoms with van der Waals surface area (Å²) in [6, 6.07) is 0.257. The molecule has 0 aliphatic heterocycles. The third kappa shape index (κ3) is 2.67. The molecular formula is C8H19NO. The molecule has 0 aromatic rings. The lowest BCUT2D eigenvalue weighted by molar-refractivity contribution is -0.00336. The van der Waals surface area contributed by atoms with Gasteiger partial charge in [-0.25, -0.2) is 0 Å². The standard InChI is InChI=1S/C8H19NO/c1-6-7(9(4)5)8(2,3)10/h7,10H,6H2,1-5H3. The lowest BCUT2D eigenvalue weighted by atomic mass is 9.96. The minimum atomic E-state index is -0.585. The lowest BCUT2D eigenvalue weighted by Crippen LogP contribution is -2.45. The van der Waals surface area contributed by atoms with E-state index in [4.69, 9.17) is 0 Å². The lowest BCUT2D eigenvalue weighted by Gasteiger charge is -2.33. The van der Waals surface area contributed by atoms with Gasteiger partial charge in [-0.3, -0.25) is 0 Å². The van der Waals surface area contributed by atoms with Gasteiger partial charge >= 0.3 is 0 Å². The zero-order valence-electron chi connectivity index (χ0n) is 7.68. The number of nitrogens with zero attached hydrogens (tertiary/aromatic N) is 1. The predicted molar refractivity (Wildman–Crippen MR) is 44.1 cm³/mol. The smallest absolute Gasteiger partial charge is 0.0745 e. The van der Waals surface area contributed by atoms with E-state index in [1.54, 1.807) is 0 Å².